The highest BCUT2D eigenvalue weighted by atomic mass is 16.3. The van der Waals surface area contributed by atoms with E-state index >= 15 is 0 Å². The third-order valence-corrected chi connectivity index (χ3v) is 11.4. The lowest BCUT2D eigenvalue weighted by Gasteiger charge is -2.17. The number of hydrogen-bond donors (Lipinski definition) is 1. The van der Waals surface area contributed by atoms with E-state index in [2.05, 4.69) is 102 Å². The molecule has 0 saturated carbocycles. The molecule has 0 unspecified atom stereocenters. The predicted octanol–water partition coefficient (Wildman–Crippen LogP) is 14.7. The summed E-state index contributed by atoms with van der Waals surface area (Å²) in [7, 11) is 0. The lowest BCUT2D eigenvalue weighted by atomic mass is 9.93. The molecule has 61 heavy (non-hydrogen) atoms. The summed E-state index contributed by atoms with van der Waals surface area (Å²) in [6.45, 7) is 1.59. The van der Waals surface area contributed by atoms with Gasteiger partial charge in [-0.2, -0.15) is 0 Å². The van der Waals surface area contributed by atoms with E-state index in [0.717, 1.165) is 89.2 Å². The van der Waals surface area contributed by atoms with Gasteiger partial charge in [0.05, 0.1) is 28.0 Å². The normalized spacial score (nSPS) is 12.2. The lowest BCUT2D eigenvalue weighted by Crippen LogP contribution is -2.01. The zero-order valence-corrected chi connectivity index (χ0v) is 33.8. The predicted molar refractivity (Wildman–Crippen MR) is 253 cm³/mol. The van der Waals surface area contributed by atoms with E-state index in [-0.39, 0.29) is 11.3 Å². The number of phenolic OH excluding ortho intramolecular Hbond substituents is 1. The monoisotopic (exact) mass is 788 g/mol. The average molecular weight is 789 g/mol. The maximum absolute atomic E-state index is 11.8. The topological polar surface area (TPSA) is 50.9 Å². The van der Waals surface area contributed by atoms with E-state index in [1.165, 1.54) is 5.56 Å². The Bertz CT molecular complexity index is 3320. The number of aromatic hydroxyl groups is 1. The van der Waals surface area contributed by atoms with E-state index in [9.17, 15) is 5.11 Å². The van der Waals surface area contributed by atoms with Crippen LogP contribution >= 0.6 is 0 Å². The Balaban J connectivity index is 1.19. The molecule has 0 amide bonds. The van der Waals surface area contributed by atoms with Crippen LogP contribution in [0, 0.1) is 20.7 Å². The molecule has 0 saturated heterocycles. The Morgan fingerprint density at radius 1 is 0.459 bits per heavy atom. The molecule has 0 aliphatic carbocycles. The Labute approximate surface area is 361 Å². The van der Waals surface area contributed by atoms with Crippen LogP contribution in [0.3, 0.4) is 0 Å². The minimum absolute atomic E-state index is 0.137. The van der Waals surface area contributed by atoms with Gasteiger partial charge in [0.2, 0.25) is 0 Å². The van der Waals surface area contributed by atoms with Gasteiger partial charge in [-0.1, -0.05) is 145 Å². The van der Waals surface area contributed by atoms with Crippen molar-refractivity contribution in [2.24, 2.45) is 0 Å². The highest BCUT2D eigenvalue weighted by Gasteiger charge is 2.23. The molecule has 0 spiro atoms. The quantitative estimate of drug-likeness (QED) is 0.167. The number of fused-ring (bicyclic) bond motifs is 1. The van der Waals surface area contributed by atoms with Crippen LogP contribution in [0.2, 0.25) is 0 Å². The minimum Gasteiger partial charge on any atom is -0.507 e. The van der Waals surface area contributed by atoms with Crippen molar-refractivity contribution in [1.29, 1.82) is 0 Å². The summed E-state index contributed by atoms with van der Waals surface area (Å²) in [5.41, 5.74) is 16.6. The zero-order valence-electron chi connectivity index (χ0n) is 36.8. The van der Waals surface area contributed by atoms with Crippen molar-refractivity contribution in [3.63, 3.8) is 0 Å². The first-order valence-corrected chi connectivity index (χ1v) is 20.4. The molecule has 292 valence electrons. The van der Waals surface area contributed by atoms with Gasteiger partial charge >= 0.3 is 0 Å². The third-order valence-electron chi connectivity index (χ3n) is 11.4. The Hall–Kier alpha value is -7.82. The number of imidazole rings is 1. The molecule has 0 atom stereocenters. The van der Waals surface area contributed by atoms with E-state index in [4.69, 9.17) is 14.1 Å². The van der Waals surface area contributed by atoms with Crippen LogP contribution in [0.4, 0.5) is 0 Å². The van der Waals surface area contributed by atoms with E-state index in [1.54, 1.807) is 12.1 Å². The van der Waals surface area contributed by atoms with Crippen LogP contribution in [0.1, 0.15) is 20.8 Å². The van der Waals surface area contributed by atoms with Crippen molar-refractivity contribution in [1.82, 2.24) is 14.5 Å². The van der Waals surface area contributed by atoms with E-state index in [0.29, 0.717) is 11.4 Å². The second kappa shape index (κ2) is 15.7. The number of benzene rings is 8. The summed E-state index contributed by atoms with van der Waals surface area (Å²) >= 11 is 0. The molecule has 0 aliphatic rings. The van der Waals surface area contributed by atoms with Crippen LogP contribution in [0.5, 0.6) is 5.75 Å². The molecule has 10 aromatic rings. The molecule has 0 radical (unpaired) electrons. The van der Waals surface area contributed by atoms with E-state index in [1.807, 2.05) is 105 Å². The maximum atomic E-state index is 11.8. The molecule has 4 nitrogen and oxygen atoms in total. The van der Waals surface area contributed by atoms with Crippen molar-refractivity contribution in [2.75, 3.05) is 0 Å². The Morgan fingerprint density at radius 2 is 1.07 bits per heavy atom. The van der Waals surface area contributed by atoms with Crippen LogP contribution in [-0.4, -0.2) is 19.6 Å². The minimum atomic E-state index is -2.32. The first-order valence-electron chi connectivity index (χ1n) is 21.9. The highest BCUT2D eigenvalue weighted by Crippen LogP contribution is 2.42. The van der Waals surface area contributed by atoms with Crippen molar-refractivity contribution >= 4 is 11.0 Å². The molecule has 10 rings (SSSR count). The number of rotatable bonds is 8. The molecule has 4 heteroatoms. The summed E-state index contributed by atoms with van der Waals surface area (Å²) in [5, 5.41) is 11.8. The molecular formula is C57H43N3O. The number of nitrogens with zero attached hydrogens (tertiary/aromatic N) is 3. The van der Waals surface area contributed by atoms with Gasteiger partial charge in [-0.05, 0) is 131 Å². The smallest absolute Gasteiger partial charge is 0.149 e. The van der Waals surface area contributed by atoms with Crippen LogP contribution in [-0.2, 0) is 0 Å². The molecule has 2 aromatic heterocycles. The fourth-order valence-corrected chi connectivity index (χ4v) is 8.45. The number of pyridine rings is 1. The molecule has 2 heterocycles. The summed E-state index contributed by atoms with van der Waals surface area (Å²) < 4.78 is 27.0. The molecule has 1 N–H and O–H groups in total. The molecule has 0 bridgehead atoms. The number of para-hydroxylation sites is 1. The molecular weight excluding hydrogens is 743 g/mol. The number of aromatic nitrogens is 3. The zero-order chi connectivity index (χ0) is 44.0. The highest BCUT2D eigenvalue weighted by molar-refractivity contribution is 5.98. The summed E-state index contributed by atoms with van der Waals surface area (Å²) in [4.78, 5) is 10.4. The first kappa shape index (κ1) is 34.1. The van der Waals surface area contributed by atoms with Gasteiger partial charge in [-0.15, -0.1) is 0 Å². The van der Waals surface area contributed by atoms with Gasteiger partial charge in [0.25, 0.3) is 0 Å². The van der Waals surface area contributed by atoms with Gasteiger partial charge in [0, 0.05) is 27.0 Å². The molecule has 0 fully saturated rings. The summed E-state index contributed by atoms with van der Waals surface area (Å²) in [6, 6.07) is 65.4. The summed E-state index contributed by atoms with van der Waals surface area (Å²) in [5.74, 6) is 0.677. The number of phenols is 1. The number of hydrogen-bond acceptors (Lipinski definition) is 3. The third kappa shape index (κ3) is 7.19. The van der Waals surface area contributed by atoms with Crippen LogP contribution in [0.15, 0.2) is 200 Å². The fraction of sp³-hybridized carbons (Fsp3) is 0.0526. The van der Waals surface area contributed by atoms with Crippen molar-refractivity contribution in [3.05, 3.63) is 217 Å². The van der Waals surface area contributed by atoms with Gasteiger partial charge in [-0.3, -0.25) is 9.55 Å². The lowest BCUT2D eigenvalue weighted by molar-refractivity contribution is 0.472. The van der Waals surface area contributed by atoms with Gasteiger partial charge < -0.3 is 5.11 Å². The number of aryl methyl sites for hydroxylation is 3. The Kier molecular flexibility index (Phi) is 8.80. The average Bonchev–Trinajstić information content (AvgIpc) is 3.72. The van der Waals surface area contributed by atoms with E-state index < -0.39 is 6.85 Å². The van der Waals surface area contributed by atoms with Gasteiger partial charge in [0.1, 0.15) is 11.6 Å². The standard InChI is InChI=1S/C57H43N3O/c1-37-22-27-53(50(31-37)44-18-11-6-12-19-44)60-54-21-13-20-49(55(54)59-57(60)51-32-38(2)30-39(3)56(51)61)47-33-46(41-16-9-5-10-17-41)34-48(35-47)52-36-45(28-29-58-52)43-25-23-42(24-26-43)40-14-7-4-8-15-40/h4-36,61H,1-3H3/i1D3. The second-order valence-electron chi connectivity index (χ2n) is 15.6. The summed E-state index contributed by atoms with van der Waals surface area (Å²) in [6.07, 6.45) is 1.87. The first-order chi connectivity index (χ1) is 31.1. The van der Waals surface area contributed by atoms with Crippen molar-refractivity contribution < 1.29 is 9.22 Å². The molecule has 0 aliphatic heterocycles. The van der Waals surface area contributed by atoms with Crippen LogP contribution < -0.4 is 0 Å². The van der Waals surface area contributed by atoms with Crippen molar-refractivity contribution in [2.45, 2.75) is 20.7 Å². The van der Waals surface area contributed by atoms with Gasteiger partial charge in [-0.25, -0.2) is 4.98 Å². The largest absolute Gasteiger partial charge is 0.507 e. The van der Waals surface area contributed by atoms with Crippen molar-refractivity contribution in [3.8, 4) is 89.7 Å². The maximum Gasteiger partial charge on any atom is 0.149 e. The van der Waals surface area contributed by atoms with Crippen LogP contribution in [0.25, 0.3) is 95.0 Å². The second-order valence-corrected chi connectivity index (χ2v) is 15.6. The molecule has 8 aromatic carbocycles. The SMILES string of the molecule is [2H]C([2H])([2H])c1ccc(-n2c(-c3cc(C)cc(C)c3O)nc3c(-c4cc(-c5ccccc5)cc(-c5cc(-c6ccc(-c7ccccc7)cc6)ccn5)c4)cccc32)c(-c2ccccc2)c1. The van der Waals surface area contributed by atoms with Gasteiger partial charge in [0.15, 0.2) is 0 Å². The fourth-order valence-electron chi connectivity index (χ4n) is 8.45. The Morgan fingerprint density at radius 3 is 1.77 bits per heavy atom.